The van der Waals surface area contributed by atoms with E-state index in [1.165, 1.54) is 36.3 Å². The summed E-state index contributed by atoms with van der Waals surface area (Å²) in [7, 11) is 0. The lowest BCUT2D eigenvalue weighted by molar-refractivity contribution is 0.356. The maximum Gasteiger partial charge on any atom is 0.0400 e. The van der Waals surface area contributed by atoms with Crippen molar-refractivity contribution >= 4 is 11.4 Å². The first-order chi connectivity index (χ1) is 7.97. The largest absolute Gasteiger partial charge is 0.399 e. The zero-order valence-corrected chi connectivity index (χ0v) is 11.5. The highest BCUT2D eigenvalue weighted by Gasteiger charge is 2.23. The van der Waals surface area contributed by atoms with Crippen LogP contribution >= 0.6 is 0 Å². The summed E-state index contributed by atoms with van der Waals surface area (Å²) in [6.07, 6.45) is 1.35. The highest BCUT2D eigenvalue weighted by molar-refractivity contribution is 5.63. The molecule has 0 amide bonds. The third-order valence-electron chi connectivity index (χ3n) is 3.79. The third-order valence-corrected chi connectivity index (χ3v) is 3.79. The predicted molar refractivity (Wildman–Crippen MR) is 75.5 cm³/mol. The number of nitrogens with two attached hydrogens (primary N) is 1. The van der Waals surface area contributed by atoms with Crippen molar-refractivity contribution < 1.29 is 0 Å². The summed E-state index contributed by atoms with van der Waals surface area (Å²) in [6, 6.07) is 4.35. The highest BCUT2D eigenvalue weighted by atomic mass is 15.1. The summed E-state index contributed by atoms with van der Waals surface area (Å²) >= 11 is 0. The molecule has 2 rings (SSSR count). The average molecular weight is 232 g/mol. The minimum atomic E-state index is 0.788. The van der Waals surface area contributed by atoms with Crippen LogP contribution in [0.2, 0.25) is 0 Å². The van der Waals surface area contributed by atoms with E-state index in [0.717, 1.165) is 17.5 Å². The Hall–Kier alpha value is -1.18. The molecule has 0 saturated carbocycles. The van der Waals surface area contributed by atoms with Crippen LogP contribution < -0.4 is 10.6 Å². The van der Waals surface area contributed by atoms with E-state index in [1.54, 1.807) is 0 Å². The lowest BCUT2D eigenvalue weighted by Crippen LogP contribution is -2.39. The van der Waals surface area contributed by atoms with Crippen LogP contribution in [0.5, 0.6) is 0 Å². The summed E-state index contributed by atoms with van der Waals surface area (Å²) < 4.78 is 0. The fraction of sp³-hybridized carbons (Fsp3) is 0.600. The van der Waals surface area contributed by atoms with Gasteiger partial charge >= 0.3 is 0 Å². The van der Waals surface area contributed by atoms with Crippen LogP contribution in [0.1, 0.15) is 31.4 Å². The molecule has 0 radical (unpaired) electrons. The average Bonchev–Trinajstić information content (AvgIpc) is 2.22. The van der Waals surface area contributed by atoms with E-state index in [9.17, 15) is 0 Å². The van der Waals surface area contributed by atoms with Gasteiger partial charge in [-0.25, -0.2) is 0 Å². The van der Waals surface area contributed by atoms with Crippen molar-refractivity contribution in [3.05, 3.63) is 23.3 Å². The maximum absolute atomic E-state index is 5.96. The zero-order valence-electron chi connectivity index (χ0n) is 11.5. The molecule has 1 aromatic carbocycles. The smallest absolute Gasteiger partial charge is 0.0400 e. The number of aryl methyl sites for hydroxylation is 2. The van der Waals surface area contributed by atoms with Crippen molar-refractivity contribution in [2.75, 3.05) is 23.7 Å². The summed E-state index contributed by atoms with van der Waals surface area (Å²) in [4.78, 5) is 2.53. The quantitative estimate of drug-likeness (QED) is 0.752. The fourth-order valence-electron chi connectivity index (χ4n) is 3.02. The SMILES string of the molecule is Cc1cc(N2C[C@@H](C)C[C@H](C)C2)c(C)cc1N. The molecule has 0 aromatic heterocycles. The number of anilines is 2. The van der Waals surface area contributed by atoms with Gasteiger partial charge in [0.25, 0.3) is 0 Å². The number of hydrogen-bond acceptors (Lipinski definition) is 2. The monoisotopic (exact) mass is 232 g/mol. The summed E-state index contributed by atoms with van der Waals surface area (Å²) in [5, 5.41) is 0. The van der Waals surface area contributed by atoms with Gasteiger partial charge in [0, 0.05) is 24.5 Å². The van der Waals surface area contributed by atoms with Crippen LogP contribution in [0, 0.1) is 25.7 Å². The summed E-state index contributed by atoms with van der Waals surface area (Å²) in [6.45, 7) is 11.3. The fourth-order valence-corrected chi connectivity index (χ4v) is 3.02. The van der Waals surface area contributed by atoms with Gasteiger partial charge in [-0.1, -0.05) is 13.8 Å². The van der Waals surface area contributed by atoms with E-state index in [2.05, 4.69) is 44.7 Å². The molecule has 1 fully saturated rings. The van der Waals surface area contributed by atoms with Crippen LogP contribution in [-0.4, -0.2) is 13.1 Å². The Labute approximate surface area is 105 Å². The maximum atomic E-state index is 5.96. The van der Waals surface area contributed by atoms with Crippen molar-refractivity contribution in [2.24, 2.45) is 11.8 Å². The van der Waals surface area contributed by atoms with Crippen molar-refractivity contribution in [1.29, 1.82) is 0 Å². The molecule has 2 atom stereocenters. The Morgan fingerprint density at radius 1 is 1.06 bits per heavy atom. The van der Waals surface area contributed by atoms with E-state index in [4.69, 9.17) is 5.73 Å². The van der Waals surface area contributed by atoms with Gasteiger partial charge in [-0.15, -0.1) is 0 Å². The van der Waals surface area contributed by atoms with Gasteiger partial charge in [-0.2, -0.15) is 0 Å². The number of piperidine rings is 1. The second kappa shape index (κ2) is 4.59. The minimum absolute atomic E-state index is 0.788. The van der Waals surface area contributed by atoms with Gasteiger partial charge in [0.05, 0.1) is 0 Å². The van der Waals surface area contributed by atoms with Crippen molar-refractivity contribution in [3.8, 4) is 0 Å². The summed E-state index contributed by atoms with van der Waals surface area (Å²) in [5.74, 6) is 1.58. The number of rotatable bonds is 1. The molecule has 2 heteroatoms. The Morgan fingerprint density at radius 2 is 1.65 bits per heavy atom. The van der Waals surface area contributed by atoms with Crippen molar-refractivity contribution in [1.82, 2.24) is 0 Å². The molecule has 17 heavy (non-hydrogen) atoms. The molecule has 1 saturated heterocycles. The normalized spacial score (nSPS) is 25.1. The molecule has 2 N–H and O–H groups in total. The van der Waals surface area contributed by atoms with Crippen LogP contribution in [-0.2, 0) is 0 Å². The van der Waals surface area contributed by atoms with E-state index in [0.29, 0.717) is 0 Å². The van der Waals surface area contributed by atoms with E-state index in [-0.39, 0.29) is 0 Å². The van der Waals surface area contributed by atoms with Crippen molar-refractivity contribution in [2.45, 2.75) is 34.1 Å². The second-order valence-electron chi connectivity index (χ2n) is 5.85. The highest BCUT2D eigenvalue weighted by Crippen LogP contribution is 2.31. The van der Waals surface area contributed by atoms with Crippen LogP contribution in [0.4, 0.5) is 11.4 Å². The number of nitrogens with zero attached hydrogens (tertiary/aromatic N) is 1. The standard InChI is InChI=1S/C15H24N2/c1-10-5-11(2)9-17(8-10)15-7-12(3)14(16)6-13(15)4/h6-7,10-11H,5,8-9,16H2,1-4H3/t10-,11-/m0/s1. The molecule has 1 aliphatic heterocycles. The number of hydrogen-bond donors (Lipinski definition) is 1. The minimum Gasteiger partial charge on any atom is -0.399 e. The van der Waals surface area contributed by atoms with Gasteiger partial charge in [0.2, 0.25) is 0 Å². The Bertz CT molecular complexity index is 402. The van der Waals surface area contributed by atoms with E-state index < -0.39 is 0 Å². The summed E-state index contributed by atoms with van der Waals surface area (Å²) in [5.41, 5.74) is 10.7. The third kappa shape index (κ3) is 2.56. The number of benzene rings is 1. The van der Waals surface area contributed by atoms with Gasteiger partial charge in [0.1, 0.15) is 0 Å². The van der Waals surface area contributed by atoms with Crippen LogP contribution in [0.3, 0.4) is 0 Å². The first-order valence-corrected chi connectivity index (χ1v) is 6.59. The second-order valence-corrected chi connectivity index (χ2v) is 5.85. The topological polar surface area (TPSA) is 29.3 Å². The zero-order chi connectivity index (χ0) is 12.6. The van der Waals surface area contributed by atoms with E-state index >= 15 is 0 Å². The van der Waals surface area contributed by atoms with Gasteiger partial charge < -0.3 is 10.6 Å². The van der Waals surface area contributed by atoms with E-state index in [1.807, 2.05) is 0 Å². The Morgan fingerprint density at radius 3 is 2.24 bits per heavy atom. The lowest BCUT2D eigenvalue weighted by atomic mass is 9.91. The molecule has 0 unspecified atom stereocenters. The lowest BCUT2D eigenvalue weighted by Gasteiger charge is -2.37. The Kier molecular flexibility index (Phi) is 3.32. The van der Waals surface area contributed by atoms with Gasteiger partial charge in [-0.3, -0.25) is 0 Å². The molecule has 0 bridgehead atoms. The first kappa shape index (κ1) is 12.3. The van der Waals surface area contributed by atoms with Crippen molar-refractivity contribution in [3.63, 3.8) is 0 Å². The van der Waals surface area contributed by atoms with Crippen LogP contribution in [0.15, 0.2) is 12.1 Å². The molecular weight excluding hydrogens is 208 g/mol. The molecule has 0 spiro atoms. The molecule has 0 aliphatic carbocycles. The van der Waals surface area contributed by atoms with Gasteiger partial charge in [-0.05, 0) is 55.4 Å². The molecule has 2 nitrogen and oxygen atoms in total. The Balaban J connectivity index is 2.30. The molecular formula is C15H24N2. The molecule has 94 valence electrons. The first-order valence-electron chi connectivity index (χ1n) is 6.59. The molecule has 1 heterocycles. The molecule has 1 aromatic rings. The van der Waals surface area contributed by atoms with Crippen LogP contribution in [0.25, 0.3) is 0 Å². The number of nitrogen functional groups attached to an aromatic ring is 1. The predicted octanol–water partition coefficient (Wildman–Crippen LogP) is 3.37. The van der Waals surface area contributed by atoms with Gasteiger partial charge in [0.15, 0.2) is 0 Å². The molecule has 1 aliphatic rings.